The molecule has 0 bridgehead atoms. The molecule has 1 aromatic rings. The van der Waals surface area contributed by atoms with Crippen molar-refractivity contribution in [2.45, 2.75) is 31.2 Å². The van der Waals surface area contributed by atoms with Gasteiger partial charge in [-0.1, -0.05) is 12.1 Å². The van der Waals surface area contributed by atoms with E-state index in [2.05, 4.69) is 23.5 Å². The maximum Gasteiger partial charge on any atom is 0.119 e. The molecule has 0 aromatic heterocycles. The predicted octanol–water partition coefficient (Wildman–Crippen LogP) is 2.44. The minimum absolute atomic E-state index is 0.583. The molecule has 17 heavy (non-hydrogen) atoms. The van der Waals surface area contributed by atoms with Gasteiger partial charge >= 0.3 is 0 Å². The number of nitrogens with one attached hydrogen (secondary N) is 1. The number of hydrogen-bond acceptors (Lipinski definition) is 3. The summed E-state index contributed by atoms with van der Waals surface area (Å²) in [4.78, 5) is 0. The number of hydrogen-bond donors (Lipinski definition) is 1. The van der Waals surface area contributed by atoms with Crippen LogP contribution in [0.4, 0.5) is 0 Å². The van der Waals surface area contributed by atoms with Gasteiger partial charge in [0.2, 0.25) is 0 Å². The minimum atomic E-state index is 0.583. The van der Waals surface area contributed by atoms with E-state index in [-0.39, 0.29) is 0 Å². The lowest BCUT2D eigenvalue weighted by atomic mass is 9.76. The summed E-state index contributed by atoms with van der Waals surface area (Å²) in [5, 5.41) is 11.8. The Kier molecular flexibility index (Phi) is 4.00. The normalized spacial score (nSPS) is 22.6. The van der Waals surface area contributed by atoms with E-state index in [1.54, 1.807) is 7.11 Å². The molecule has 3 heteroatoms. The lowest BCUT2D eigenvalue weighted by molar-refractivity contribution is 0.293. The Morgan fingerprint density at radius 3 is 3.00 bits per heavy atom. The van der Waals surface area contributed by atoms with Crippen LogP contribution >= 0.6 is 0 Å². The Bertz CT molecular complexity index is 405. The molecule has 0 radical (unpaired) electrons. The molecule has 0 heterocycles. The first-order valence-electron chi connectivity index (χ1n) is 6.07. The van der Waals surface area contributed by atoms with Crippen molar-refractivity contribution >= 4 is 0 Å². The van der Waals surface area contributed by atoms with Gasteiger partial charge in [0.25, 0.3) is 0 Å². The fraction of sp³-hybridized carbons (Fsp3) is 0.500. The Balaban J connectivity index is 1.80. The van der Waals surface area contributed by atoms with E-state index >= 15 is 0 Å². The molecule has 0 spiro atoms. The third-order valence-corrected chi connectivity index (χ3v) is 3.37. The largest absolute Gasteiger partial charge is 0.497 e. The smallest absolute Gasteiger partial charge is 0.119 e. The number of benzene rings is 1. The number of rotatable bonds is 5. The highest BCUT2D eigenvalue weighted by Crippen LogP contribution is 2.37. The van der Waals surface area contributed by atoms with Crippen LogP contribution in [0.3, 0.4) is 0 Å². The molecule has 0 unspecified atom stereocenters. The van der Waals surface area contributed by atoms with Crippen LogP contribution in [0, 0.1) is 11.3 Å². The number of ether oxygens (including phenoxy) is 1. The summed E-state index contributed by atoms with van der Waals surface area (Å²) >= 11 is 0. The standard InChI is InChI=1S/C14H18N2O/c1-17-14-5-2-4-11(10-14)12-8-13(9-12)16-7-3-6-15/h2,4-5,10,12-13,16H,3,7-9H2,1H3. The second-order valence-corrected chi connectivity index (χ2v) is 4.50. The topological polar surface area (TPSA) is 45.0 Å². The van der Waals surface area contributed by atoms with Gasteiger partial charge in [0, 0.05) is 19.0 Å². The van der Waals surface area contributed by atoms with Gasteiger partial charge in [-0.25, -0.2) is 0 Å². The van der Waals surface area contributed by atoms with Gasteiger partial charge in [-0.3, -0.25) is 0 Å². The summed E-state index contributed by atoms with van der Waals surface area (Å²) in [7, 11) is 1.70. The Morgan fingerprint density at radius 2 is 2.29 bits per heavy atom. The molecule has 1 saturated carbocycles. The molecular weight excluding hydrogens is 212 g/mol. The zero-order valence-corrected chi connectivity index (χ0v) is 10.1. The maximum atomic E-state index is 8.45. The first-order valence-corrected chi connectivity index (χ1v) is 6.07. The van der Waals surface area contributed by atoms with Crippen molar-refractivity contribution in [1.82, 2.24) is 5.32 Å². The molecule has 3 nitrogen and oxygen atoms in total. The van der Waals surface area contributed by atoms with Crippen molar-refractivity contribution in [2.75, 3.05) is 13.7 Å². The van der Waals surface area contributed by atoms with Gasteiger partial charge in [0.05, 0.1) is 13.2 Å². The van der Waals surface area contributed by atoms with Crippen molar-refractivity contribution in [3.05, 3.63) is 29.8 Å². The van der Waals surface area contributed by atoms with E-state index in [4.69, 9.17) is 10.00 Å². The van der Waals surface area contributed by atoms with E-state index in [9.17, 15) is 0 Å². The van der Waals surface area contributed by atoms with Gasteiger partial charge in [-0.15, -0.1) is 0 Å². The maximum absolute atomic E-state index is 8.45. The highest BCUT2D eigenvalue weighted by molar-refractivity contribution is 5.32. The average molecular weight is 230 g/mol. The fourth-order valence-electron chi connectivity index (χ4n) is 2.28. The van der Waals surface area contributed by atoms with Gasteiger partial charge in [0.1, 0.15) is 5.75 Å². The summed E-state index contributed by atoms with van der Waals surface area (Å²) in [5.41, 5.74) is 1.36. The molecule has 1 aliphatic rings. The highest BCUT2D eigenvalue weighted by Gasteiger charge is 2.29. The summed E-state index contributed by atoms with van der Waals surface area (Å²) in [6.07, 6.45) is 2.93. The van der Waals surface area contributed by atoms with Crippen LogP contribution in [0.5, 0.6) is 5.75 Å². The minimum Gasteiger partial charge on any atom is -0.497 e. The summed E-state index contributed by atoms with van der Waals surface area (Å²) in [5.74, 6) is 1.58. The van der Waals surface area contributed by atoms with Crippen molar-refractivity contribution in [3.63, 3.8) is 0 Å². The lowest BCUT2D eigenvalue weighted by Crippen LogP contribution is -2.40. The molecule has 0 aliphatic heterocycles. The molecule has 90 valence electrons. The van der Waals surface area contributed by atoms with Crippen molar-refractivity contribution in [1.29, 1.82) is 5.26 Å². The Labute approximate surface area is 102 Å². The zero-order valence-electron chi connectivity index (χ0n) is 10.1. The second-order valence-electron chi connectivity index (χ2n) is 4.50. The van der Waals surface area contributed by atoms with Crippen LogP contribution in [0.25, 0.3) is 0 Å². The first-order chi connectivity index (χ1) is 8.33. The van der Waals surface area contributed by atoms with Crippen LogP contribution < -0.4 is 10.1 Å². The van der Waals surface area contributed by atoms with Crippen LogP contribution in [0.15, 0.2) is 24.3 Å². The van der Waals surface area contributed by atoms with Gasteiger partial charge in [-0.05, 0) is 36.5 Å². The van der Waals surface area contributed by atoms with E-state index < -0.39 is 0 Å². The van der Waals surface area contributed by atoms with Crippen LogP contribution in [-0.2, 0) is 0 Å². The second kappa shape index (κ2) is 5.70. The molecule has 0 atom stereocenters. The van der Waals surface area contributed by atoms with Crippen molar-refractivity contribution in [2.24, 2.45) is 0 Å². The summed E-state index contributed by atoms with van der Waals surface area (Å²) in [6.45, 7) is 0.812. The van der Waals surface area contributed by atoms with Gasteiger partial charge in [-0.2, -0.15) is 5.26 Å². The van der Waals surface area contributed by atoms with E-state index in [0.29, 0.717) is 18.4 Å². The third kappa shape index (κ3) is 2.98. The van der Waals surface area contributed by atoms with Crippen molar-refractivity contribution in [3.8, 4) is 11.8 Å². The monoisotopic (exact) mass is 230 g/mol. The molecule has 2 rings (SSSR count). The van der Waals surface area contributed by atoms with Crippen LogP contribution in [-0.4, -0.2) is 19.7 Å². The SMILES string of the molecule is COc1cccc(C2CC(NCCC#N)C2)c1. The van der Waals surface area contributed by atoms with Crippen LogP contribution in [0.2, 0.25) is 0 Å². The van der Waals surface area contributed by atoms with Gasteiger partial charge in [0.15, 0.2) is 0 Å². The molecular formula is C14H18N2O. The number of methoxy groups -OCH3 is 1. The van der Waals surface area contributed by atoms with E-state index in [1.165, 1.54) is 18.4 Å². The summed E-state index contributed by atoms with van der Waals surface area (Å²) in [6, 6.07) is 11.0. The molecule has 0 saturated heterocycles. The average Bonchev–Trinajstić information content (AvgIpc) is 2.32. The Morgan fingerprint density at radius 1 is 1.47 bits per heavy atom. The quantitative estimate of drug-likeness (QED) is 0.790. The van der Waals surface area contributed by atoms with Gasteiger partial charge < -0.3 is 10.1 Å². The molecule has 0 amide bonds. The van der Waals surface area contributed by atoms with Crippen molar-refractivity contribution < 1.29 is 4.74 Å². The molecule has 1 aromatic carbocycles. The molecule has 1 N–H and O–H groups in total. The number of nitrogens with zero attached hydrogens (tertiary/aromatic N) is 1. The summed E-state index contributed by atoms with van der Waals surface area (Å²) < 4.78 is 5.23. The molecule has 1 fully saturated rings. The third-order valence-electron chi connectivity index (χ3n) is 3.37. The van der Waals surface area contributed by atoms with E-state index in [1.807, 2.05) is 12.1 Å². The predicted molar refractivity (Wildman–Crippen MR) is 67.0 cm³/mol. The first kappa shape index (κ1) is 11.9. The van der Waals surface area contributed by atoms with E-state index in [0.717, 1.165) is 12.3 Å². The number of nitriles is 1. The molecule has 1 aliphatic carbocycles. The fourth-order valence-corrected chi connectivity index (χ4v) is 2.28. The van der Waals surface area contributed by atoms with Crippen LogP contribution in [0.1, 0.15) is 30.7 Å². The Hall–Kier alpha value is -1.53. The highest BCUT2D eigenvalue weighted by atomic mass is 16.5. The lowest BCUT2D eigenvalue weighted by Gasteiger charge is -2.36. The zero-order chi connectivity index (χ0) is 12.1.